The predicted molar refractivity (Wildman–Crippen MR) is 123 cm³/mol. The molecule has 2 heterocycles. The lowest BCUT2D eigenvalue weighted by atomic mass is 9.94. The summed E-state index contributed by atoms with van der Waals surface area (Å²) in [6, 6.07) is 12.2. The lowest BCUT2D eigenvalue weighted by molar-refractivity contribution is 0.271. The molecule has 0 amide bonds. The fourth-order valence-corrected chi connectivity index (χ4v) is 3.76. The molecule has 0 atom stereocenters. The van der Waals surface area contributed by atoms with Crippen molar-refractivity contribution < 1.29 is 23.5 Å². The summed E-state index contributed by atoms with van der Waals surface area (Å²) < 4.78 is 30.4. The van der Waals surface area contributed by atoms with Gasteiger partial charge in [-0.05, 0) is 60.4 Å². The van der Waals surface area contributed by atoms with Gasteiger partial charge in [0.05, 0.1) is 7.11 Å². The number of aromatic nitrogens is 3. The molecule has 0 unspecified atom stereocenters. The van der Waals surface area contributed by atoms with Crippen molar-refractivity contribution in [2.24, 2.45) is 0 Å². The zero-order valence-corrected chi connectivity index (χ0v) is 19.0. The third-order valence-electron chi connectivity index (χ3n) is 5.55. The average Bonchev–Trinajstić information content (AvgIpc) is 3.27. The standard InChI is InChI=1S/C25H24FN3O5/c1-4-15-11-21(33-13-22-28-25(31)34-29-22)23(26)14(2)19(15)12-17-8-9-20(30)24(27-17)16-6-5-7-18(10-16)32-3/h5-11,30H,4,12-13H2,1-3H3,(H,28,29,31). The number of methoxy groups -OCH3 is 1. The number of H-pyrrole nitrogens is 1. The lowest BCUT2D eigenvalue weighted by Crippen LogP contribution is -2.07. The van der Waals surface area contributed by atoms with E-state index >= 15 is 4.39 Å². The molecule has 8 nitrogen and oxygen atoms in total. The van der Waals surface area contributed by atoms with Crippen LogP contribution in [0.3, 0.4) is 0 Å². The van der Waals surface area contributed by atoms with Crippen LogP contribution < -0.4 is 15.2 Å². The fourth-order valence-electron chi connectivity index (χ4n) is 3.76. The number of rotatable bonds is 8. The molecule has 2 aromatic heterocycles. The van der Waals surface area contributed by atoms with Gasteiger partial charge in [0.2, 0.25) is 0 Å². The minimum Gasteiger partial charge on any atom is -0.506 e. The number of halogens is 1. The normalized spacial score (nSPS) is 10.9. The quantitative estimate of drug-likeness (QED) is 0.399. The second-order valence-corrected chi connectivity index (χ2v) is 7.71. The highest BCUT2D eigenvalue weighted by atomic mass is 19.1. The lowest BCUT2D eigenvalue weighted by Gasteiger charge is -2.16. The van der Waals surface area contributed by atoms with Gasteiger partial charge in [-0.1, -0.05) is 24.2 Å². The van der Waals surface area contributed by atoms with Crippen LogP contribution in [-0.2, 0) is 19.4 Å². The number of benzene rings is 2. The number of nitrogens with one attached hydrogen (secondary N) is 1. The van der Waals surface area contributed by atoms with Crippen LogP contribution in [0.15, 0.2) is 51.8 Å². The maximum absolute atomic E-state index is 15.2. The summed E-state index contributed by atoms with van der Waals surface area (Å²) in [5.74, 6) is -0.259. The molecule has 0 spiro atoms. The van der Waals surface area contributed by atoms with E-state index in [2.05, 4.69) is 19.6 Å². The van der Waals surface area contributed by atoms with Crippen molar-refractivity contribution in [2.75, 3.05) is 7.11 Å². The molecule has 4 rings (SSSR count). The van der Waals surface area contributed by atoms with Crippen LogP contribution >= 0.6 is 0 Å². The van der Waals surface area contributed by atoms with Gasteiger partial charge in [0, 0.05) is 17.7 Å². The molecule has 0 radical (unpaired) electrons. The van der Waals surface area contributed by atoms with Gasteiger partial charge in [-0.25, -0.2) is 14.2 Å². The molecule has 2 aromatic carbocycles. The molecule has 176 valence electrons. The van der Waals surface area contributed by atoms with E-state index in [1.165, 1.54) is 0 Å². The van der Waals surface area contributed by atoms with Gasteiger partial charge >= 0.3 is 5.76 Å². The Hall–Kier alpha value is -4.14. The molecule has 0 saturated carbocycles. The summed E-state index contributed by atoms with van der Waals surface area (Å²) in [6.07, 6.45) is 1.02. The summed E-state index contributed by atoms with van der Waals surface area (Å²) in [4.78, 5) is 18.1. The van der Waals surface area contributed by atoms with Crippen molar-refractivity contribution in [3.05, 3.63) is 87.0 Å². The van der Waals surface area contributed by atoms with Crippen molar-refractivity contribution in [1.82, 2.24) is 15.1 Å². The molecule has 0 fully saturated rings. The summed E-state index contributed by atoms with van der Waals surface area (Å²) in [5.41, 5.74) is 3.97. The van der Waals surface area contributed by atoms with Crippen molar-refractivity contribution in [2.45, 2.75) is 33.3 Å². The molecule has 0 aliphatic heterocycles. The number of hydrogen-bond acceptors (Lipinski definition) is 7. The van der Waals surface area contributed by atoms with Crippen LogP contribution in [-0.4, -0.2) is 27.3 Å². The van der Waals surface area contributed by atoms with Gasteiger partial charge < -0.3 is 14.6 Å². The van der Waals surface area contributed by atoms with Crippen molar-refractivity contribution in [1.29, 1.82) is 0 Å². The smallest absolute Gasteiger partial charge is 0.439 e. The number of ether oxygens (including phenoxy) is 2. The van der Waals surface area contributed by atoms with E-state index in [4.69, 9.17) is 9.47 Å². The highest BCUT2D eigenvalue weighted by Crippen LogP contribution is 2.32. The molecular weight excluding hydrogens is 441 g/mol. The third-order valence-corrected chi connectivity index (χ3v) is 5.55. The first kappa shape index (κ1) is 23.0. The van der Waals surface area contributed by atoms with E-state index in [1.54, 1.807) is 38.3 Å². The van der Waals surface area contributed by atoms with E-state index < -0.39 is 11.6 Å². The van der Waals surface area contributed by atoms with Crippen LogP contribution in [0.2, 0.25) is 0 Å². The van der Waals surface area contributed by atoms with E-state index in [0.717, 1.165) is 11.1 Å². The summed E-state index contributed by atoms with van der Waals surface area (Å²) in [6.45, 7) is 3.53. The summed E-state index contributed by atoms with van der Waals surface area (Å²) in [7, 11) is 1.57. The van der Waals surface area contributed by atoms with Gasteiger partial charge in [-0.2, -0.15) is 0 Å². The fraction of sp³-hybridized carbons (Fsp3) is 0.240. The zero-order valence-electron chi connectivity index (χ0n) is 19.0. The number of nitrogens with zero attached hydrogens (tertiary/aromatic N) is 2. The second-order valence-electron chi connectivity index (χ2n) is 7.71. The molecule has 9 heteroatoms. The number of pyridine rings is 1. The number of aromatic hydroxyl groups is 1. The van der Waals surface area contributed by atoms with Crippen molar-refractivity contribution in [3.8, 4) is 28.5 Å². The Morgan fingerprint density at radius 2 is 2.03 bits per heavy atom. The first-order valence-electron chi connectivity index (χ1n) is 10.7. The topological polar surface area (TPSA) is 110 Å². The first-order valence-corrected chi connectivity index (χ1v) is 10.7. The highest BCUT2D eigenvalue weighted by Gasteiger charge is 2.18. The third kappa shape index (κ3) is 4.78. The highest BCUT2D eigenvalue weighted by molar-refractivity contribution is 5.67. The van der Waals surface area contributed by atoms with E-state index in [0.29, 0.717) is 41.1 Å². The number of aryl methyl sites for hydroxylation is 1. The van der Waals surface area contributed by atoms with E-state index in [9.17, 15) is 9.90 Å². The molecule has 0 aliphatic carbocycles. The van der Waals surface area contributed by atoms with Crippen LogP contribution in [0.1, 0.15) is 35.1 Å². The molecule has 0 aliphatic rings. The molecule has 0 bridgehead atoms. The number of hydrogen-bond donors (Lipinski definition) is 2. The predicted octanol–water partition coefficient (Wildman–Crippen LogP) is 4.32. The Bertz CT molecular complexity index is 1380. The Morgan fingerprint density at radius 1 is 1.21 bits per heavy atom. The minimum absolute atomic E-state index is 0.0465. The van der Waals surface area contributed by atoms with Gasteiger partial charge in [-0.3, -0.25) is 9.51 Å². The van der Waals surface area contributed by atoms with Gasteiger partial charge in [0.15, 0.2) is 17.4 Å². The maximum Gasteiger partial charge on any atom is 0.439 e. The summed E-state index contributed by atoms with van der Waals surface area (Å²) >= 11 is 0. The molecular formula is C25H24FN3O5. The minimum atomic E-state index is -0.699. The van der Waals surface area contributed by atoms with Gasteiger partial charge in [-0.15, -0.1) is 0 Å². The van der Waals surface area contributed by atoms with Crippen molar-refractivity contribution >= 4 is 0 Å². The van der Waals surface area contributed by atoms with Crippen LogP contribution in [0, 0.1) is 12.7 Å². The Morgan fingerprint density at radius 3 is 2.74 bits per heavy atom. The average molecular weight is 465 g/mol. The van der Waals surface area contributed by atoms with E-state index in [-0.39, 0.29) is 23.9 Å². The largest absolute Gasteiger partial charge is 0.506 e. The van der Waals surface area contributed by atoms with Gasteiger partial charge in [0.25, 0.3) is 0 Å². The summed E-state index contributed by atoms with van der Waals surface area (Å²) in [5, 5.41) is 13.9. The number of aromatic amines is 1. The zero-order chi connectivity index (χ0) is 24.2. The van der Waals surface area contributed by atoms with E-state index in [1.807, 2.05) is 25.1 Å². The second kappa shape index (κ2) is 9.78. The molecule has 2 N–H and O–H groups in total. The SMILES string of the molecule is CCc1cc(OCc2noc(=O)[nH]2)c(F)c(C)c1Cc1ccc(O)c(-c2cccc(OC)c2)n1. The molecule has 34 heavy (non-hydrogen) atoms. The molecule has 4 aromatic rings. The van der Waals surface area contributed by atoms with Crippen LogP contribution in [0.4, 0.5) is 4.39 Å². The van der Waals surface area contributed by atoms with Crippen LogP contribution in [0.25, 0.3) is 11.3 Å². The molecule has 0 saturated heterocycles. The Labute approximate surface area is 195 Å². The Kier molecular flexibility index (Phi) is 6.62. The van der Waals surface area contributed by atoms with Crippen LogP contribution in [0.5, 0.6) is 17.2 Å². The maximum atomic E-state index is 15.2. The Balaban J connectivity index is 1.64. The monoisotopic (exact) mass is 465 g/mol. The van der Waals surface area contributed by atoms with Gasteiger partial charge in [0.1, 0.15) is 23.8 Å². The van der Waals surface area contributed by atoms with Crippen molar-refractivity contribution in [3.63, 3.8) is 0 Å². The first-order chi connectivity index (χ1) is 16.4.